The zero-order valence-electron chi connectivity index (χ0n) is 13.4. The Morgan fingerprint density at radius 1 is 1.21 bits per heavy atom. The van der Waals surface area contributed by atoms with Crippen LogP contribution in [0, 0.1) is 0 Å². The van der Waals surface area contributed by atoms with E-state index in [1.165, 1.54) is 0 Å². The SMILES string of the molecule is COc1ccc(CNC(=O)NCc2cn3ccsc3n2)cc1OC. The van der Waals surface area contributed by atoms with E-state index >= 15 is 0 Å². The molecule has 8 heteroatoms. The fraction of sp³-hybridized carbons (Fsp3) is 0.250. The summed E-state index contributed by atoms with van der Waals surface area (Å²) in [5.41, 5.74) is 1.74. The first-order valence-corrected chi connectivity index (χ1v) is 8.21. The number of rotatable bonds is 6. The molecule has 0 bridgehead atoms. The van der Waals surface area contributed by atoms with Gasteiger partial charge < -0.3 is 20.1 Å². The number of nitrogens with one attached hydrogen (secondary N) is 2. The van der Waals surface area contributed by atoms with E-state index in [-0.39, 0.29) is 6.03 Å². The molecule has 0 saturated carbocycles. The number of methoxy groups -OCH3 is 2. The van der Waals surface area contributed by atoms with Crippen molar-refractivity contribution in [3.8, 4) is 11.5 Å². The lowest BCUT2D eigenvalue weighted by Gasteiger charge is -2.10. The van der Waals surface area contributed by atoms with Crippen LogP contribution in [0.1, 0.15) is 11.3 Å². The van der Waals surface area contributed by atoms with Gasteiger partial charge in [-0.25, -0.2) is 9.78 Å². The van der Waals surface area contributed by atoms with Crippen LogP contribution in [0.2, 0.25) is 0 Å². The number of amides is 2. The molecule has 0 radical (unpaired) electrons. The second-order valence-electron chi connectivity index (χ2n) is 5.05. The number of benzene rings is 1. The van der Waals surface area contributed by atoms with E-state index < -0.39 is 0 Å². The molecule has 2 amide bonds. The number of fused-ring (bicyclic) bond motifs is 1. The van der Waals surface area contributed by atoms with Crippen LogP contribution >= 0.6 is 11.3 Å². The van der Waals surface area contributed by atoms with Crippen molar-refractivity contribution in [1.29, 1.82) is 0 Å². The highest BCUT2D eigenvalue weighted by molar-refractivity contribution is 7.15. The average Bonchev–Trinajstić information content (AvgIpc) is 3.19. The van der Waals surface area contributed by atoms with Crippen molar-refractivity contribution < 1.29 is 14.3 Å². The molecule has 3 rings (SSSR count). The summed E-state index contributed by atoms with van der Waals surface area (Å²) in [6, 6.07) is 5.28. The highest BCUT2D eigenvalue weighted by atomic mass is 32.1. The van der Waals surface area contributed by atoms with Crippen molar-refractivity contribution in [3.63, 3.8) is 0 Å². The first-order chi connectivity index (χ1) is 11.7. The lowest BCUT2D eigenvalue weighted by Crippen LogP contribution is -2.34. The van der Waals surface area contributed by atoms with Gasteiger partial charge in [0.1, 0.15) is 0 Å². The second-order valence-corrected chi connectivity index (χ2v) is 5.92. The second kappa shape index (κ2) is 7.22. The fourth-order valence-corrected chi connectivity index (χ4v) is 2.99. The zero-order valence-corrected chi connectivity index (χ0v) is 14.2. The molecule has 0 aliphatic carbocycles. The lowest BCUT2D eigenvalue weighted by atomic mass is 10.2. The third-order valence-corrected chi connectivity index (χ3v) is 4.24. The predicted octanol–water partition coefficient (Wildman–Crippen LogP) is 2.41. The molecule has 0 aliphatic heterocycles. The van der Waals surface area contributed by atoms with Crippen LogP contribution in [0.25, 0.3) is 4.96 Å². The Hall–Kier alpha value is -2.74. The number of imidazole rings is 1. The molecule has 2 aromatic heterocycles. The maximum absolute atomic E-state index is 11.9. The van der Waals surface area contributed by atoms with Crippen molar-refractivity contribution in [2.45, 2.75) is 13.1 Å². The minimum Gasteiger partial charge on any atom is -0.493 e. The van der Waals surface area contributed by atoms with Gasteiger partial charge in [-0.2, -0.15) is 0 Å². The van der Waals surface area contributed by atoms with Crippen LogP contribution in [0.5, 0.6) is 11.5 Å². The van der Waals surface area contributed by atoms with E-state index in [0.717, 1.165) is 16.2 Å². The molecule has 3 aromatic rings. The van der Waals surface area contributed by atoms with Crippen LogP contribution in [0.15, 0.2) is 36.0 Å². The lowest BCUT2D eigenvalue weighted by molar-refractivity contribution is 0.240. The summed E-state index contributed by atoms with van der Waals surface area (Å²) in [4.78, 5) is 17.2. The molecule has 7 nitrogen and oxygen atoms in total. The Labute approximate surface area is 143 Å². The first-order valence-electron chi connectivity index (χ1n) is 7.33. The van der Waals surface area contributed by atoms with Crippen LogP contribution in [0.3, 0.4) is 0 Å². The normalized spacial score (nSPS) is 10.6. The van der Waals surface area contributed by atoms with Gasteiger partial charge in [0.15, 0.2) is 16.5 Å². The van der Waals surface area contributed by atoms with E-state index in [0.29, 0.717) is 24.6 Å². The number of nitrogens with zero attached hydrogens (tertiary/aromatic N) is 2. The summed E-state index contributed by atoms with van der Waals surface area (Å²) in [6.07, 6.45) is 3.84. The summed E-state index contributed by atoms with van der Waals surface area (Å²) >= 11 is 1.56. The Morgan fingerprint density at radius 3 is 2.75 bits per heavy atom. The molecule has 0 atom stereocenters. The van der Waals surface area contributed by atoms with Gasteiger partial charge in [-0.1, -0.05) is 6.07 Å². The van der Waals surface area contributed by atoms with Gasteiger partial charge in [0.2, 0.25) is 0 Å². The van der Waals surface area contributed by atoms with Crippen molar-refractivity contribution in [1.82, 2.24) is 20.0 Å². The van der Waals surface area contributed by atoms with E-state index in [4.69, 9.17) is 9.47 Å². The number of urea groups is 1. The van der Waals surface area contributed by atoms with Gasteiger partial charge in [0.05, 0.1) is 26.5 Å². The summed E-state index contributed by atoms with van der Waals surface area (Å²) in [6.45, 7) is 0.774. The number of hydrogen-bond acceptors (Lipinski definition) is 5. The summed E-state index contributed by atoms with van der Waals surface area (Å²) in [5.74, 6) is 1.29. The maximum Gasteiger partial charge on any atom is 0.315 e. The third-order valence-electron chi connectivity index (χ3n) is 3.47. The number of thiazole rings is 1. The Bertz CT molecular complexity index is 814. The minimum absolute atomic E-state index is 0.249. The molecule has 2 heterocycles. The van der Waals surface area contributed by atoms with E-state index in [2.05, 4.69) is 15.6 Å². The van der Waals surface area contributed by atoms with Crippen LogP contribution < -0.4 is 20.1 Å². The number of ether oxygens (including phenoxy) is 2. The van der Waals surface area contributed by atoms with Gasteiger partial charge in [-0.3, -0.25) is 4.40 Å². The van der Waals surface area contributed by atoms with Crippen molar-refractivity contribution in [2.75, 3.05) is 14.2 Å². The Balaban J connectivity index is 1.51. The molecule has 0 aliphatic rings. The molecule has 0 unspecified atom stereocenters. The monoisotopic (exact) mass is 346 g/mol. The molecule has 1 aromatic carbocycles. The summed E-state index contributed by atoms with van der Waals surface area (Å²) in [7, 11) is 3.17. The summed E-state index contributed by atoms with van der Waals surface area (Å²) in [5, 5.41) is 7.57. The molecule has 0 spiro atoms. The number of hydrogen-bond donors (Lipinski definition) is 2. The number of carbonyl (C=O) groups excluding carboxylic acids is 1. The van der Waals surface area contributed by atoms with Gasteiger partial charge in [-0.05, 0) is 17.7 Å². The summed E-state index contributed by atoms with van der Waals surface area (Å²) < 4.78 is 12.4. The maximum atomic E-state index is 11.9. The molecule has 2 N–H and O–H groups in total. The third kappa shape index (κ3) is 3.60. The molecular weight excluding hydrogens is 328 g/mol. The predicted molar refractivity (Wildman–Crippen MR) is 91.7 cm³/mol. The molecule has 126 valence electrons. The average molecular weight is 346 g/mol. The fourth-order valence-electron chi connectivity index (χ4n) is 2.27. The largest absolute Gasteiger partial charge is 0.493 e. The number of carbonyl (C=O) groups is 1. The Morgan fingerprint density at radius 2 is 2.00 bits per heavy atom. The van der Waals surface area contributed by atoms with Crippen molar-refractivity contribution in [2.24, 2.45) is 0 Å². The molecule has 0 fully saturated rings. The molecule has 24 heavy (non-hydrogen) atoms. The number of aromatic nitrogens is 2. The topological polar surface area (TPSA) is 76.9 Å². The minimum atomic E-state index is -0.249. The van der Waals surface area contributed by atoms with Gasteiger partial charge in [0.25, 0.3) is 0 Å². The smallest absolute Gasteiger partial charge is 0.315 e. The van der Waals surface area contributed by atoms with Crippen LogP contribution in [0.4, 0.5) is 4.79 Å². The highest BCUT2D eigenvalue weighted by Crippen LogP contribution is 2.27. The van der Waals surface area contributed by atoms with Gasteiger partial charge >= 0.3 is 6.03 Å². The van der Waals surface area contributed by atoms with Crippen LogP contribution in [-0.2, 0) is 13.1 Å². The highest BCUT2D eigenvalue weighted by Gasteiger charge is 2.07. The molecule has 0 saturated heterocycles. The van der Waals surface area contributed by atoms with E-state index in [1.807, 2.05) is 40.4 Å². The molecular formula is C16H18N4O3S. The van der Waals surface area contributed by atoms with Gasteiger partial charge in [-0.15, -0.1) is 11.3 Å². The van der Waals surface area contributed by atoms with E-state index in [9.17, 15) is 4.79 Å². The standard InChI is InChI=1S/C16H18N4O3S/c1-22-13-4-3-11(7-14(13)23-2)8-17-15(21)18-9-12-10-20-5-6-24-16(20)19-12/h3-7,10H,8-9H2,1-2H3,(H2,17,18,21). The first kappa shape index (κ1) is 16.1. The van der Waals surface area contributed by atoms with E-state index in [1.54, 1.807) is 25.6 Å². The Kier molecular flexibility index (Phi) is 4.85. The van der Waals surface area contributed by atoms with Crippen molar-refractivity contribution in [3.05, 3.63) is 47.2 Å². The van der Waals surface area contributed by atoms with Crippen LogP contribution in [-0.4, -0.2) is 29.6 Å². The van der Waals surface area contributed by atoms with Crippen molar-refractivity contribution >= 4 is 22.3 Å². The van der Waals surface area contributed by atoms with Gasteiger partial charge in [0, 0.05) is 24.3 Å². The quantitative estimate of drug-likeness (QED) is 0.719. The zero-order chi connectivity index (χ0) is 16.9.